The third kappa shape index (κ3) is 3.40. The Balaban J connectivity index is 1.48. The van der Waals surface area contributed by atoms with Crippen LogP contribution >= 0.6 is 0 Å². The Hall–Kier alpha value is -2.39. The Morgan fingerprint density at radius 3 is 2.39 bits per heavy atom. The molecular weight excluding hydrogens is 380 g/mol. The zero-order chi connectivity index (χ0) is 19.7. The van der Waals surface area contributed by atoms with Gasteiger partial charge in [0.2, 0.25) is 10.0 Å². The number of sulfonamides is 1. The van der Waals surface area contributed by atoms with Gasteiger partial charge in [-0.15, -0.1) is 5.10 Å². The van der Waals surface area contributed by atoms with Gasteiger partial charge >= 0.3 is 0 Å². The number of aromatic nitrogens is 2. The second kappa shape index (κ2) is 7.56. The fourth-order valence-corrected chi connectivity index (χ4v) is 5.19. The summed E-state index contributed by atoms with van der Waals surface area (Å²) in [5.74, 6) is 1.74. The predicted octanol–water partition coefficient (Wildman–Crippen LogP) is 1.49. The first kappa shape index (κ1) is 18.9. The first-order valence-electron chi connectivity index (χ1n) is 9.35. The summed E-state index contributed by atoms with van der Waals surface area (Å²) in [7, 11) is -0.588. The lowest BCUT2D eigenvalue weighted by molar-refractivity contribution is 0.353. The maximum atomic E-state index is 13.0. The van der Waals surface area contributed by atoms with E-state index >= 15 is 0 Å². The van der Waals surface area contributed by atoms with Gasteiger partial charge in [-0.05, 0) is 43.0 Å². The molecule has 28 heavy (non-hydrogen) atoms. The number of rotatable bonds is 5. The van der Waals surface area contributed by atoms with Crippen molar-refractivity contribution in [3.63, 3.8) is 0 Å². The molecule has 9 heteroatoms. The number of fused-ring (bicyclic) bond motifs is 1. The van der Waals surface area contributed by atoms with E-state index in [0.717, 1.165) is 30.8 Å². The van der Waals surface area contributed by atoms with E-state index in [1.807, 2.05) is 0 Å². The fraction of sp³-hybridized carbons (Fsp3) is 0.474. The number of piperazine rings is 1. The summed E-state index contributed by atoms with van der Waals surface area (Å²) < 4.78 is 38.0. The second-order valence-corrected chi connectivity index (χ2v) is 8.87. The predicted molar refractivity (Wildman–Crippen MR) is 105 cm³/mol. The SMILES string of the molecule is COc1ccc(S(=O)(=O)N2CCN(c3cc4c(nn3)CCC4)CC2)cc1OC. The Labute approximate surface area is 165 Å². The molecule has 4 rings (SSSR count). The molecule has 1 aromatic heterocycles. The molecular formula is C19H24N4O4S. The van der Waals surface area contributed by atoms with Gasteiger partial charge in [-0.2, -0.15) is 9.40 Å². The average molecular weight is 404 g/mol. The third-order valence-electron chi connectivity index (χ3n) is 5.36. The highest BCUT2D eigenvalue weighted by Crippen LogP contribution is 2.31. The van der Waals surface area contributed by atoms with Crippen LogP contribution < -0.4 is 14.4 Å². The Morgan fingerprint density at radius 2 is 1.68 bits per heavy atom. The van der Waals surface area contributed by atoms with E-state index in [9.17, 15) is 8.42 Å². The molecule has 1 saturated heterocycles. The molecule has 2 heterocycles. The van der Waals surface area contributed by atoms with Gasteiger partial charge in [0.25, 0.3) is 0 Å². The second-order valence-electron chi connectivity index (χ2n) is 6.94. The number of hydrogen-bond acceptors (Lipinski definition) is 7. The molecule has 2 aliphatic rings. The zero-order valence-electron chi connectivity index (χ0n) is 16.1. The van der Waals surface area contributed by atoms with Crippen LogP contribution in [-0.4, -0.2) is 63.3 Å². The molecule has 0 bridgehead atoms. The number of ether oxygens (including phenoxy) is 2. The van der Waals surface area contributed by atoms with E-state index in [-0.39, 0.29) is 4.90 Å². The van der Waals surface area contributed by atoms with E-state index in [2.05, 4.69) is 21.2 Å². The fourth-order valence-electron chi connectivity index (χ4n) is 3.76. The van der Waals surface area contributed by atoms with Gasteiger partial charge in [0.05, 0.1) is 24.8 Å². The number of methoxy groups -OCH3 is 2. The first-order chi connectivity index (χ1) is 13.5. The van der Waals surface area contributed by atoms with Gasteiger partial charge in [-0.3, -0.25) is 0 Å². The van der Waals surface area contributed by atoms with Crippen LogP contribution in [0.15, 0.2) is 29.2 Å². The van der Waals surface area contributed by atoms with E-state index in [1.54, 1.807) is 12.1 Å². The topological polar surface area (TPSA) is 84.9 Å². The molecule has 1 aliphatic heterocycles. The lowest BCUT2D eigenvalue weighted by Gasteiger charge is -2.34. The summed E-state index contributed by atoms with van der Waals surface area (Å²) in [6, 6.07) is 6.78. The normalized spacial score (nSPS) is 17.4. The third-order valence-corrected chi connectivity index (χ3v) is 7.26. The highest BCUT2D eigenvalue weighted by molar-refractivity contribution is 7.89. The minimum Gasteiger partial charge on any atom is -0.493 e. The highest BCUT2D eigenvalue weighted by atomic mass is 32.2. The van der Waals surface area contributed by atoms with Gasteiger partial charge in [-0.1, -0.05) is 0 Å². The minimum absolute atomic E-state index is 0.205. The molecule has 0 N–H and O–H groups in total. The van der Waals surface area contributed by atoms with Crippen LogP contribution in [0.25, 0.3) is 0 Å². The number of nitrogens with zero attached hydrogens (tertiary/aromatic N) is 4. The van der Waals surface area contributed by atoms with E-state index < -0.39 is 10.0 Å². The highest BCUT2D eigenvalue weighted by Gasteiger charge is 2.30. The van der Waals surface area contributed by atoms with Crippen LogP contribution in [0.4, 0.5) is 5.82 Å². The molecule has 8 nitrogen and oxygen atoms in total. The summed E-state index contributed by atoms with van der Waals surface area (Å²) in [5, 5.41) is 8.67. The summed E-state index contributed by atoms with van der Waals surface area (Å²) >= 11 is 0. The van der Waals surface area contributed by atoms with Crippen molar-refractivity contribution in [2.45, 2.75) is 24.2 Å². The summed E-state index contributed by atoms with van der Waals surface area (Å²) in [4.78, 5) is 2.31. The van der Waals surface area contributed by atoms with Gasteiger partial charge in [0, 0.05) is 32.2 Å². The quantitative estimate of drug-likeness (QED) is 0.746. The maximum Gasteiger partial charge on any atom is 0.243 e. The molecule has 0 radical (unpaired) electrons. The van der Waals surface area contributed by atoms with E-state index in [4.69, 9.17) is 9.47 Å². The molecule has 150 valence electrons. The van der Waals surface area contributed by atoms with Crippen LogP contribution in [-0.2, 0) is 22.9 Å². The Bertz CT molecular complexity index is 972. The van der Waals surface area contributed by atoms with Gasteiger partial charge in [-0.25, -0.2) is 8.42 Å². The van der Waals surface area contributed by atoms with Crippen LogP contribution in [0.1, 0.15) is 17.7 Å². The van der Waals surface area contributed by atoms with Gasteiger partial charge in [0.1, 0.15) is 0 Å². The molecule has 0 spiro atoms. The molecule has 0 saturated carbocycles. The largest absolute Gasteiger partial charge is 0.493 e. The summed E-state index contributed by atoms with van der Waals surface area (Å²) in [6.07, 6.45) is 3.18. The van der Waals surface area contributed by atoms with Crippen molar-refractivity contribution in [2.75, 3.05) is 45.3 Å². The lowest BCUT2D eigenvalue weighted by atomic mass is 10.2. The molecule has 1 aromatic carbocycles. The van der Waals surface area contributed by atoms with E-state index in [0.29, 0.717) is 37.7 Å². The van der Waals surface area contributed by atoms with Crippen LogP contribution in [0, 0.1) is 0 Å². The number of aryl methyl sites for hydroxylation is 2. The number of anilines is 1. The average Bonchev–Trinajstić information content (AvgIpc) is 3.21. The van der Waals surface area contributed by atoms with Crippen LogP contribution in [0.3, 0.4) is 0 Å². The molecule has 2 aromatic rings. The van der Waals surface area contributed by atoms with Crippen molar-refractivity contribution in [1.29, 1.82) is 0 Å². The van der Waals surface area contributed by atoms with Gasteiger partial charge < -0.3 is 14.4 Å². The molecule has 0 atom stereocenters. The monoisotopic (exact) mass is 404 g/mol. The molecule has 1 aliphatic carbocycles. The van der Waals surface area contributed by atoms with Crippen molar-refractivity contribution >= 4 is 15.8 Å². The zero-order valence-corrected chi connectivity index (χ0v) is 16.9. The molecule has 1 fully saturated rings. The standard InChI is InChI=1S/C19H24N4O4S/c1-26-17-7-6-15(13-18(17)27-2)28(24,25)23-10-8-22(9-11-23)19-12-14-4-3-5-16(14)20-21-19/h6-7,12-13H,3-5,8-11H2,1-2H3. The van der Waals surface area contributed by atoms with Crippen molar-refractivity contribution < 1.29 is 17.9 Å². The lowest BCUT2D eigenvalue weighted by Crippen LogP contribution is -2.49. The smallest absolute Gasteiger partial charge is 0.243 e. The summed E-state index contributed by atoms with van der Waals surface area (Å²) in [5.41, 5.74) is 2.36. The van der Waals surface area contributed by atoms with Crippen molar-refractivity contribution in [2.24, 2.45) is 0 Å². The van der Waals surface area contributed by atoms with Crippen molar-refractivity contribution in [3.05, 3.63) is 35.5 Å². The number of benzene rings is 1. The maximum absolute atomic E-state index is 13.0. The Morgan fingerprint density at radius 1 is 0.929 bits per heavy atom. The van der Waals surface area contributed by atoms with Crippen molar-refractivity contribution in [1.82, 2.24) is 14.5 Å². The van der Waals surface area contributed by atoms with Gasteiger partial charge in [0.15, 0.2) is 17.3 Å². The van der Waals surface area contributed by atoms with Crippen LogP contribution in [0.5, 0.6) is 11.5 Å². The minimum atomic E-state index is -3.60. The Kier molecular flexibility index (Phi) is 5.11. The molecule has 0 unspecified atom stereocenters. The summed E-state index contributed by atoms with van der Waals surface area (Å²) in [6.45, 7) is 1.96. The van der Waals surface area contributed by atoms with Crippen molar-refractivity contribution in [3.8, 4) is 11.5 Å². The van der Waals surface area contributed by atoms with Crippen LogP contribution in [0.2, 0.25) is 0 Å². The first-order valence-corrected chi connectivity index (χ1v) is 10.8. The molecule has 0 amide bonds. The number of hydrogen-bond donors (Lipinski definition) is 0. The van der Waals surface area contributed by atoms with E-state index in [1.165, 1.54) is 30.2 Å².